The molecule has 2 aromatic carbocycles. The van der Waals surface area contributed by atoms with E-state index < -0.39 is 0 Å². The van der Waals surface area contributed by atoms with Crippen LogP contribution in [0.4, 0.5) is 11.4 Å². The second-order valence-electron chi connectivity index (χ2n) is 7.25. The molecule has 0 fully saturated rings. The summed E-state index contributed by atoms with van der Waals surface area (Å²) in [4.78, 5) is 30.7. The van der Waals surface area contributed by atoms with Crippen LogP contribution in [0.15, 0.2) is 85.2 Å². The third-order valence-corrected chi connectivity index (χ3v) is 4.61. The number of amides is 2. The molecule has 4 rings (SSSR count). The molecule has 184 valence electrons. The van der Waals surface area contributed by atoms with Gasteiger partial charge in [-0.3, -0.25) is 19.6 Å². The number of nitrogens with two attached hydrogens (primary N) is 2. The number of carbonyl (C=O) groups excluding carboxylic acids is 2. The fourth-order valence-electron chi connectivity index (χ4n) is 2.80. The van der Waals surface area contributed by atoms with Crippen molar-refractivity contribution >= 4 is 23.2 Å². The number of anilines is 2. The third-order valence-electron chi connectivity index (χ3n) is 4.61. The molecule has 0 aliphatic rings. The molecule has 0 radical (unpaired) electrons. The highest BCUT2D eigenvalue weighted by molar-refractivity contribution is 5.92. The summed E-state index contributed by atoms with van der Waals surface area (Å²) < 4.78 is 11.2. The van der Waals surface area contributed by atoms with E-state index in [0.717, 1.165) is 0 Å². The average molecular weight is 487 g/mol. The van der Waals surface area contributed by atoms with Gasteiger partial charge in [0.25, 0.3) is 11.8 Å². The van der Waals surface area contributed by atoms with Gasteiger partial charge in [0.2, 0.25) is 0 Å². The number of ether oxygens (including phenoxy) is 2. The Labute approximate surface area is 208 Å². The van der Waals surface area contributed by atoms with Crippen molar-refractivity contribution in [2.75, 3.05) is 25.6 Å². The SMILES string of the molecule is CNC(=O)c1cc(Oc2ccc(N)cc2)ccn1.CNC(=O)c1cc(Oc2ccc(N)cc2)ccn1. The predicted molar refractivity (Wildman–Crippen MR) is 137 cm³/mol. The van der Waals surface area contributed by atoms with Crippen molar-refractivity contribution in [1.82, 2.24) is 20.6 Å². The van der Waals surface area contributed by atoms with Gasteiger partial charge in [0.15, 0.2) is 0 Å². The Morgan fingerprint density at radius 3 is 1.31 bits per heavy atom. The van der Waals surface area contributed by atoms with E-state index in [2.05, 4.69) is 20.6 Å². The van der Waals surface area contributed by atoms with E-state index in [9.17, 15) is 9.59 Å². The molecule has 0 bridgehead atoms. The summed E-state index contributed by atoms with van der Waals surface area (Å²) in [7, 11) is 3.11. The Kier molecular flexibility index (Phi) is 8.76. The summed E-state index contributed by atoms with van der Waals surface area (Å²) in [6.45, 7) is 0. The van der Waals surface area contributed by atoms with Crippen molar-refractivity contribution in [1.29, 1.82) is 0 Å². The van der Waals surface area contributed by atoms with Gasteiger partial charge in [-0.15, -0.1) is 0 Å². The summed E-state index contributed by atoms with van der Waals surface area (Å²) in [5.74, 6) is 1.90. The van der Waals surface area contributed by atoms with Gasteiger partial charge < -0.3 is 31.6 Å². The summed E-state index contributed by atoms with van der Waals surface area (Å²) in [6.07, 6.45) is 3.05. The van der Waals surface area contributed by atoms with Crippen LogP contribution in [0.25, 0.3) is 0 Å². The van der Waals surface area contributed by atoms with E-state index >= 15 is 0 Å². The number of benzene rings is 2. The maximum Gasteiger partial charge on any atom is 0.269 e. The number of aromatic nitrogens is 2. The monoisotopic (exact) mass is 486 g/mol. The van der Waals surface area contributed by atoms with Gasteiger partial charge in [-0.25, -0.2) is 0 Å². The van der Waals surface area contributed by atoms with Gasteiger partial charge in [-0.05, 0) is 60.7 Å². The zero-order valence-corrected chi connectivity index (χ0v) is 19.8. The molecule has 0 saturated carbocycles. The minimum Gasteiger partial charge on any atom is -0.457 e. The molecule has 2 aromatic heterocycles. The molecule has 2 heterocycles. The van der Waals surface area contributed by atoms with Crippen LogP contribution in [-0.2, 0) is 0 Å². The first-order valence-electron chi connectivity index (χ1n) is 10.8. The predicted octanol–water partition coefficient (Wildman–Crippen LogP) is 3.63. The van der Waals surface area contributed by atoms with Crippen LogP contribution in [0.2, 0.25) is 0 Å². The summed E-state index contributed by atoms with van der Waals surface area (Å²) in [5, 5.41) is 5.01. The van der Waals surface area contributed by atoms with Crippen LogP contribution in [0, 0.1) is 0 Å². The van der Waals surface area contributed by atoms with Crippen LogP contribution in [0.3, 0.4) is 0 Å². The van der Waals surface area contributed by atoms with E-state index in [-0.39, 0.29) is 11.8 Å². The fourth-order valence-corrected chi connectivity index (χ4v) is 2.80. The van der Waals surface area contributed by atoms with Crippen LogP contribution in [-0.4, -0.2) is 35.9 Å². The van der Waals surface area contributed by atoms with Crippen molar-refractivity contribution in [3.8, 4) is 23.0 Å². The maximum absolute atomic E-state index is 11.4. The van der Waals surface area contributed by atoms with Crippen molar-refractivity contribution in [2.45, 2.75) is 0 Å². The summed E-state index contributed by atoms with van der Waals surface area (Å²) >= 11 is 0. The third kappa shape index (κ3) is 7.45. The number of rotatable bonds is 6. The van der Waals surface area contributed by atoms with Crippen LogP contribution in [0.1, 0.15) is 21.0 Å². The molecule has 0 atom stereocenters. The highest BCUT2D eigenvalue weighted by Gasteiger charge is 2.07. The van der Waals surface area contributed by atoms with Crippen LogP contribution >= 0.6 is 0 Å². The molecule has 0 saturated heterocycles. The molecule has 0 aliphatic carbocycles. The van der Waals surface area contributed by atoms with Crippen LogP contribution in [0.5, 0.6) is 23.0 Å². The largest absolute Gasteiger partial charge is 0.457 e. The second kappa shape index (κ2) is 12.4. The number of nitrogens with one attached hydrogen (secondary N) is 2. The zero-order valence-electron chi connectivity index (χ0n) is 19.8. The van der Waals surface area contributed by atoms with E-state index in [4.69, 9.17) is 20.9 Å². The molecular formula is C26H26N6O4. The van der Waals surface area contributed by atoms with Gasteiger partial charge in [0.05, 0.1) is 0 Å². The summed E-state index contributed by atoms with van der Waals surface area (Å²) in [6, 6.07) is 20.5. The molecule has 0 aliphatic heterocycles. The molecule has 10 nitrogen and oxygen atoms in total. The zero-order chi connectivity index (χ0) is 25.9. The Morgan fingerprint density at radius 2 is 0.972 bits per heavy atom. The van der Waals surface area contributed by atoms with Crippen molar-refractivity contribution in [2.24, 2.45) is 0 Å². The molecular weight excluding hydrogens is 460 g/mol. The average Bonchev–Trinajstić information content (AvgIpc) is 2.91. The van der Waals surface area contributed by atoms with Crippen LogP contribution < -0.4 is 31.6 Å². The van der Waals surface area contributed by atoms with Gasteiger partial charge in [0.1, 0.15) is 34.4 Å². The van der Waals surface area contributed by atoms with E-state index in [0.29, 0.717) is 45.8 Å². The highest BCUT2D eigenvalue weighted by Crippen LogP contribution is 2.23. The quantitative estimate of drug-likeness (QED) is 0.301. The number of hydrogen-bond acceptors (Lipinski definition) is 8. The van der Waals surface area contributed by atoms with Gasteiger partial charge in [-0.1, -0.05) is 0 Å². The lowest BCUT2D eigenvalue weighted by atomic mass is 10.3. The minimum atomic E-state index is -0.252. The summed E-state index contributed by atoms with van der Waals surface area (Å²) in [5.41, 5.74) is 13.1. The lowest BCUT2D eigenvalue weighted by Gasteiger charge is -2.06. The van der Waals surface area contributed by atoms with Gasteiger partial charge >= 0.3 is 0 Å². The first-order valence-corrected chi connectivity index (χ1v) is 10.8. The molecule has 4 aromatic rings. The lowest BCUT2D eigenvalue weighted by molar-refractivity contribution is 0.0950. The normalized spacial score (nSPS) is 9.83. The number of nitrogen functional groups attached to an aromatic ring is 2. The molecule has 0 unspecified atom stereocenters. The Morgan fingerprint density at radius 1 is 0.611 bits per heavy atom. The fraction of sp³-hybridized carbons (Fsp3) is 0.0769. The number of carbonyl (C=O) groups is 2. The topological polar surface area (TPSA) is 154 Å². The highest BCUT2D eigenvalue weighted by atomic mass is 16.5. The van der Waals surface area contributed by atoms with E-state index in [1.165, 1.54) is 12.4 Å². The lowest BCUT2D eigenvalue weighted by Crippen LogP contribution is -2.18. The molecule has 2 amide bonds. The molecule has 0 spiro atoms. The van der Waals surface area contributed by atoms with Crippen molar-refractivity contribution < 1.29 is 19.1 Å². The Hall–Kier alpha value is -5.12. The van der Waals surface area contributed by atoms with E-state index in [1.807, 2.05) is 0 Å². The Balaban J connectivity index is 0.000000201. The molecule has 10 heteroatoms. The van der Waals surface area contributed by atoms with E-state index in [1.54, 1.807) is 86.9 Å². The molecule has 36 heavy (non-hydrogen) atoms. The molecule has 6 N–H and O–H groups in total. The maximum atomic E-state index is 11.4. The van der Waals surface area contributed by atoms with Crippen molar-refractivity contribution in [3.05, 3.63) is 96.6 Å². The number of pyridine rings is 2. The minimum absolute atomic E-state index is 0.252. The Bertz CT molecular complexity index is 1210. The first-order chi connectivity index (χ1) is 17.4. The smallest absolute Gasteiger partial charge is 0.269 e. The number of hydrogen-bond donors (Lipinski definition) is 4. The second-order valence-corrected chi connectivity index (χ2v) is 7.25. The first kappa shape index (κ1) is 25.5. The van der Waals surface area contributed by atoms with Crippen molar-refractivity contribution in [3.63, 3.8) is 0 Å². The van der Waals surface area contributed by atoms with Gasteiger partial charge in [0, 0.05) is 50.0 Å². The standard InChI is InChI=1S/2C13H13N3O2/c2*1-15-13(17)12-8-11(6-7-16-12)18-10-4-2-9(14)3-5-10/h2*2-8H,14H2,1H3,(H,15,17). The van der Waals surface area contributed by atoms with Gasteiger partial charge in [-0.2, -0.15) is 0 Å². The number of nitrogens with zero attached hydrogens (tertiary/aromatic N) is 2.